The number of aromatic carboxylic acids is 1. The smallest absolute Gasteiger partial charge is 0.335 e. The van der Waals surface area contributed by atoms with Crippen LogP contribution in [0.3, 0.4) is 0 Å². The topological polar surface area (TPSA) is 54.4 Å². The first-order chi connectivity index (χ1) is 13.3. The average molecular weight is 389 g/mol. The first-order valence-corrected chi connectivity index (χ1v) is 10.4. The lowest BCUT2D eigenvalue weighted by molar-refractivity contribution is 0.0697. The zero-order valence-corrected chi connectivity index (χ0v) is 16.8. The van der Waals surface area contributed by atoms with Gasteiger partial charge in [0.05, 0.1) is 16.3 Å². The van der Waals surface area contributed by atoms with Crippen LogP contribution in [-0.2, 0) is 5.41 Å². The van der Waals surface area contributed by atoms with E-state index in [1.165, 1.54) is 11.6 Å². The third-order valence-corrected chi connectivity index (χ3v) is 7.33. The van der Waals surface area contributed by atoms with Gasteiger partial charge in [0.15, 0.2) is 14.3 Å². The zero-order chi connectivity index (χ0) is 20.1. The number of carbonyl (C=O) groups is 1. The molecule has 0 radical (unpaired) electrons. The standard InChI is InChI=1S/C24H20O3S/c1-24(2,3)16-9-11-17(12-10-16)28-20-7-5-4-6-18(20)22(25)19-14-15(23(26)27)8-13-21(19)28/h4-14H,1-3H3/p+1. The second-order valence-electron chi connectivity index (χ2n) is 7.92. The van der Waals surface area contributed by atoms with E-state index in [1.807, 2.05) is 24.3 Å². The molecular formula is C24H21O3S+. The molecule has 4 rings (SSSR count). The van der Waals surface area contributed by atoms with E-state index in [-0.39, 0.29) is 16.4 Å². The summed E-state index contributed by atoms with van der Waals surface area (Å²) in [5, 5.41) is 10.5. The number of hydrogen-bond acceptors (Lipinski definition) is 2. The molecule has 3 aromatic carbocycles. The van der Waals surface area contributed by atoms with Crippen molar-refractivity contribution in [3.05, 3.63) is 88.1 Å². The molecule has 1 N–H and O–H groups in total. The molecule has 3 nitrogen and oxygen atoms in total. The Bertz CT molecular complexity index is 1280. The van der Waals surface area contributed by atoms with Crippen LogP contribution in [0.25, 0.3) is 25.1 Å². The number of carboxylic acid groups (broad SMARTS) is 1. The second kappa shape index (κ2) is 6.57. The molecule has 28 heavy (non-hydrogen) atoms. The normalized spacial score (nSPS) is 12.5. The van der Waals surface area contributed by atoms with E-state index >= 15 is 0 Å². The van der Waals surface area contributed by atoms with Crippen LogP contribution in [0.1, 0.15) is 36.7 Å². The van der Waals surface area contributed by atoms with Crippen LogP contribution in [0.5, 0.6) is 0 Å². The first kappa shape index (κ1) is 18.4. The summed E-state index contributed by atoms with van der Waals surface area (Å²) < 4.78 is 1.88. The van der Waals surface area contributed by atoms with Gasteiger partial charge in [0.2, 0.25) is 5.43 Å². The minimum absolute atomic E-state index is 0.0658. The average Bonchev–Trinajstić information content (AvgIpc) is 2.67. The molecule has 1 aromatic heterocycles. The molecule has 0 bridgehead atoms. The van der Waals surface area contributed by atoms with Crippen molar-refractivity contribution < 1.29 is 9.90 Å². The molecule has 1 heterocycles. The largest absolute Gasteiger partial charge is 0.478 e. The minimum Gasteiger partial charge on any atom is -0.478 e. The predicted octanol–water partition coefficient (Wildman–Crippen LogP) is 6.09. The van der Waals surface area contributed by atoms with Crippen LogP contribution in [0.2, 0.25) is 0 Å². The predicted molar refractivity (Wildman–Crippen MR) is 117 cm³/mol. The number of fused-ring (bicyclic) bond motifs is 2. The van der Waals surface area contributed by atoms with Gasteiger partial charge in [0, 0.05) is 10.5 Å². The van der Waals surface area contributed by atoms with Crippen LogP contribution in [0.15, 0.2) is 71.5 Å². The van der Waals surface area contributed by atoms with E-state index in [1.54, 1.807) is 12.1 Å². The highest BCUT2D eigenvalue weighted by molar-refractivity contribution is 7.49. The van der Waals surface area contributed by atoms with Gasteiger partial charge in [-0.2, -0.15) is 0 Å². The van der Waals surface area contributed by atoms with Crippen molar-refractivity contribution >= 4 is 36.6 Å². The first-order valence-electron chi connectivity index (χ1n) is 9.13. The zero-order valence-electron chi connectivity index (χ0n) is 16.0. The molecular weight excluding hydrogens is 368 g/mol. The molecule has 4 aromatic rings. The Labute approximate surface area is 165 Å². The van der Waals surface area contributed by atoms with Gasteiger partial charge < -0.3 is 5.11 Å². The number of benzene rings is 3. The molecule has 0 saturated heterocycles. The Kier molecular flexibility index (Phi) is 4.31. The Balaban J connectivity index is 2.10. The van der Waals surface area contributed by atoms with Crippen LogP contribution in [-0.4, -0.2) is 11.1 Å². The van der Waals surface area contributed by atoms with Crippen LogP contribution in [0, 0.1) is 0 Å². The van der Waals surface area contributed by atoms with Gasteiger partial charge in [-0.25, -0.2) is 4.79 Å². The minimum atomic E-state index is -1.02. The van der Waals surface area contributed by atoms with Crippen molar-refractivity contribution in [2.45, 2.75) is 26.2 Å². The highest BCUT2D eigenvalue weighted by atomic mass is 32.2. The van der Waals surface area contributed by atoms with Crippen molar-refractivity contribution in [1.82, 2.24) is 0 Å². The third-order valence-electron chi connectivity index (χ3n) is 5.00. The van der Waals surface area contributed by atoms with Gasteiger partial charge in [-0.1, -0.05) is 45.0 Å². The molecule has 4 heteroatoms. The summed E-state index contributed by atoms with van der Waals surface area (Å²) in [5.74, 6) is -1.02. The quantitative estimate of drug-likeness (QED) is 0.333. The van der Waals surface area contributed by atoms with Gasteiger partial charge >= 0.3 is 5.97 Å². The van der Waals surface area contributed by atoms with Crippen molar-refractivity contribution in [1.29, 1.82) is 0 Å². The lowest BCUT2D eigenvalue weighted by atomic mass is 9.87. The molecule has 1 atom stereocenters. The van der Waals surface area contributed by atoms with E-state index in [2.05, 4.69) is 45.0 Å². The summed E-state index contributed by atoms with van der Waals surface area (Å²) in [6.07, 6.45) is 0. The fraction of sp³-hybridized carbons (Fsp3) is 0.167. The maximum absolute atomic E-state index is 13.1. The van der Waals surface area contributed by atoms with Gasteiger partial charge in [-0.3, -0.25) is 4.79 Å². The molecule has 0 aliphatic carbocycles. The van der Waals surface area contributed by atoms with E-state index in [0.29, 0.717) is 10.8 Å². The summed E-state index contributed by atoms with van der Waals surface area (Å²) in [4.78, 5) is 25.6. The number of carboxylic acids is 1. The second-order valence-corrected chi connectivity index (χ2v) is 9.89. The molecule has 0 saturated carbocycles. The van der Waals surface area contributed by atoms with E-state index < -0.39 is 16.4 Å². The van der Waals surface area contributed by atoms with E-state index in [9.17, 15) is 14.7 Å². The summed E-state index contributed by atoms with van der Waals surface area (Å²) in [6, 6.07) is 21.1. The van der Waals surface area contributed by atoms with Gasteiger partial charge in [0.25, 0.3) is 0 Å². The van der Waals surface area contributed by atoms with E-state index in [4.69, 9.17) is 0 Å². The highest BCUT2D eigenvalue weighted by Crippen LogP contribution is 2.43. The van der Waals surface area contributed by atoms with Crippen LogP contribution < -0.4 is 5.43 Å². The molecule has 1 unspecified atom stereocenters. The molecule has 0 aliphatic heterocycles. The lowest BCUT2D eigenvalue weighted by Crippen LogP contribution is -2.10. The Morgan fingerprint density at radius 2 is 1.50 bits per heavy atom. The Morgan fingerprint density at radius 3 is 2.14 bits per heavy atom. The van der Waals surface area contributed by atoms with E-state index in [0.717, 1.165) is 14.3 Å². The maximum atomic E-state index is 13.1. The maximum Gasteiger partial charge on any atom is 0.335 e. The van der Waals surface area contributed by atoms with Crippen molar-refractivity contribution in [2.24, 2.45) is 0 Å². The van der Waals surface area contributed by atoms with Gasteiger partial charge in [-0.15, -0.1) is 0 Å². The fourth-order valence-corrected chi connectivity index (χ4v) is 5.78. The molecule has 0 amide bonds. The highest BCUT2D eigenvalue weighted by Gasteiger charge is 2.24. The lowest BCUT2D eigenvalue weighted by Gasteiger charge is -2.18. The number of rotatable bonds is 2. The van der Waals surface area contributed by atoms with Crippen LogP contribution in [0.4, 0.5) is 0 Å². The molecule has 0 aliphatic rings. The van der Waals surface area contributed by atoms with Crippen molar-refractivity contribution in [3.8, 4) is 4.90 Å². The van der Waals surface area contributed by atoms with Crippen LogP contribution >= 0.6 is 10.5 Å². The molecule has 0 fully saturated rings. The third kappa shape index (κ3) is 3.00. The summed E-state index contributed by atoms with van der Waals surface area (Å²) in [5.41, 5.74) is 1.35. The SMILES string of the molecule is CC(C)(C)c1ccc(-[s+]2c3ccccc3c(=O)c3cc(C(=O)O)ccc32)cc1. The summed E-state index contributed by atoms with van der Waals surface area (Å²) in [7, 11) is -0.449. The molecule has 140 valence electrons. The molecule has 0 spiro atoms. The van der Waals surface area contributed by atoms with Gasteiger partial charge in [0.1, 0.15) is 0 Å². The summed E-state index contributed by atoms with van der Waals surface area (Å²) >= 11 is 0. The monoisotopic (exact) mass is 389 g/mol. The van der Waals surface area contributed by atoms with Crippen molar-refractivity contribution in [3.63, 3.8) is 0 Å². The van der Waals surface area contributed by atoms with Crippen molar-refractivity contribution in [2.75, 3.05) is 0 Å². The van der Waals surface area contributed by atoms with Gasteiger partial charge in [-0.05, 0) is 53.4 Å². The number of hydrogen-bond donors (Lipinski definition) is 1. The Hall–Kier alpha value is -2.98. The summed E-state index contributed by atoms with van der Waals surface area (Å²) in [6.45, 7) is 6.55. The Morgan fingerprint density at radius 1 is 0.857 bits per heavy atom. The fourth-order valence-electron chi connectivity index (χ4n) is 3.46.